The van der Waals surface area contributed by atoms with E-state index < -0.39 is 24.0 Å². The van der Waals surface area contributed by atoms with Gasteiger partial charge in [-0.25, -0.2) is 0 Å². The molecule has 1 heterocycles. The fourth-order valence-corrected chi connectivity index (χ4v) is 4.99. The van der Waals surface area contributed by atoms with Crippen molar-refractivity contribution in [3.05, 3.63) is 107 Å². The summed E-state index contributed by atoms with van der Waals surface area (Å²) in [6.07, 6.45) is -1.16. The molecule has 1 aliphatic rings. The first-order valence-electron chi connectivity index (χ1n) is 11.1. The number of aromatic hydroxyl groups is 6. The van der Waals surface area contributed by atoms with Crippen LogP contribution in [0.5, 0.6) is 34.5 Å². The molecule has 0 radical (unpaired) electrons. The van der Waals surface area contributed by atoms with Gasteiger partial charge in [0.2, 0.25) is 0 Å². The van der Waals surface area contributed by atoms with Gasteiger partial charge in [0.05, 0.1) is 12.2 Å². The number of ether oxygens (including phenoxy) is 1. The van der Waals surface area contributed by atoms with E-state index in [-0.39, 0.29) is 34.5 Å². The molecule has 35 heavy (non-hydrogen) atoms. The lowest BCUT2D eigenvalue weighted by atomic mass is 9.75. The van der Waals surface area contributed by atoms with Gasteiger partial charge in [-0.05, 0) is 70.8 Å². The molecule has 0 bridgehead atoms. The summed E-state index contributed by atoms with van der Waals surface area (Å²) in [5, 5.41) is 60.7. The highest BCUT2D eigenvalue weighted by Gasteiger charge is 2.47. The summed E-state index contributed by atoms with van der Waals surface area (Å²) in [6.45, 7) is 0. The van der Waals surface area contributed by atoms with Crippen molar-refractivity contribution in [1.29, 1.82) is 0 Å². The van der Waals surface area contributed by atoms with Crippen LogP contribution in [0.3, 0.4) is 0 Å². The van der Waals surface area contributed by atoms with Crippen LogP contribution in [0, 0.1) is 0 Å². The molecular formula is C28H24O7. The van der Waals surface area contributed by atoms with Gasteiger partial charge in [-0.1, -0.05) is 24.3 Å². The minimum absolute atomic E-state index is 0.0998. The SMILES string of the molecule is Oc1ccc([C@H]2O[C@@H](c3ccc(O)cc3)[C@@H](c3cc(O)cc(O)c3)[C@@H]2c2cc(O)cc(O)c2)cc1. The maximum absolute atomic E-state index is 10.3. The van der Waals surface area contributed by atoms with Crippen LogP contribution in [0.25, 0.3) is 0 Å². The molecule has 7 heteroatoms. The van der Waals surface area contributed by atoms with Crippen LogP contribution in [-0.2, 0) is 4.74 Å². The Bertz CT molecular complexity index is 1200. The summed E-state index contributed by atoms with van der Waals surface area (Å²) in [5.74, 6) is -1.21. The van der Waals surface area contributed by atoms with Crippen LogP contribution < -0.4 is 0 Å². The molecule has 178 valence electrons. The van der Waals surface area contributed by atoms with E-state index in [1.54, 1.807) is 72.8 Å². The predicted octanol–water partition coefficient (Wildman–Crippen LogP) is 5.30. The highest BCUT2D eigenvalue weighted by atomic mass is 16.5. The molecule has 0 spiro atoms. The second kappa shape index (κ2) is 8.77. The molecule has 5 rings (SSSR count). The highest BCUT2D eigenvalue weighted by Crippen LogP contribution is 2.59. The van der Waals surface area contributed by atoms with E-state index in [1.807, 2.05) is 0 Å². The first-order valence-corrected chi connectivity index (χ1v) is 11.1. The Kier molecular flexibility index (Phi) is 5.62. The lowest BCUT2D eigenvalue weighted by Crippen LogP contribution is -2.14. The molecule has 4 atom stereocenters. The Morgan fingerprint density at radius 3 is 1.00 bits per heavy atom. The highest BCUT2D eigenvalue weighted by molar-refractivity contribution is 5.47. The van der Waals surface area contributed by atoms with Crippen molar-refractivity contribution in [2.45, 2.75) is 24.0 Å². The number of hydrogen-bond acceptors (Lipinski definition) is 7. The maximum Gasteiger partial charge on any atom is 0.119 e. The Hall–Kier alpha value is -4.36. The van der Waals surface area contributed by atoms with Gasteiger partial charge < -0.3 is 35.4 Å². The Morgan fingerprint density at radius 2 is 0.686 bits per heavy atom. The Balaban J connectivity index is 1.74. The fraction of sp³-hybridized carbons (Fsp3) is 0.143. The molecule has 0 aliphatic carbocycles. The molecule has 1 saturated heterocycles. The lowest BCUT2D eigenvalue weighted by molar-refractivity contribution is 0.0366. The molecular weight excluding hydrogens is 448 g/mol. The van der Waals surface area contributed by atoms with Gasteiger partial charge in [0.15, 0.2) is 0 Å². The van der Waals surface area contributed by atoms with Crippen molar-refractivity contribution in [3.63, 3.8) is 0 Å². The summed E-state index contributed by atoms with van der Waals surface area (Å²) >= 11 is 0. The van der Waals surface area contributed by atoms with Gasteiger partial charge in [-0.15, -0.1) is 0 Å². The van der Waals surface area contributed by atoms with E-state index in [9.17, 15) is 30.6 Å². The van der Waals surface area contributed by atoms with E-state index in [0.717, 1.165) is 11.1 Å². The number of benzene rings is 4. The monoisotopic (exact) mass is 472 g/mol. The van der Waals surface area contributed by atoms with Crippen LogP contribution in [0.2, 0.25) is 0 Å². The molecule has 0 saturated carbocycles. The number of phenols is 6. The zero-order valence-electron chi connectivity index (χ0n) is 18.5. The average molecular weight is 472 g/mol. The first-order chi connectivity index (χ1) is 16.8. The Labute approximate surface area is 201 Å². The summed E-state index contributed by atoms with van der Waals surface area (Å²) in [4.78, 5) is 0. The van der Waals surface area contributed by atoms with Crippen molar-refractivity contribution in [2.24, 2.45) is 0 Å². The van der Waals surface area contributed by atoms with Gasteiger partial charge in [-0.3, -0.25) is 0 Å². The zero-order chi connectivity index (χ0) is 24.7. The second-order valence-electron chi connectivity index (χ2n) is 8.78. The third-order valence-corrected chi connectivity index (χ3v) is 6.40. The van der Waals surface area contributed by atoms with Crippen molar-refractivity contribution < 1.29 is 35.4 Å². The minimum atomic E-state index is -0.579. The third kappa shape index (κ3) is 4.41. The molecule has 7 nitrogen and oxygen atoms in total. The first kappa shape index (κ1) is 22.4. The van der Waals surface area contributed by atoms with Gasteiger partial charge in [0, 0.05) is 24.0 Å². The number of rotatable bonds is 4. The minimum Gasteiger partial charge on any atom is -0.508 e. The molecule has 1 aliphatic heterocycles. The van der Waals surface area contributed by atoms with E-state index >= 15 is 0 Å². The van der Waals surface area contributed by atoms with Crippen LogP contribution >= 0.6 is 0 Å². The molecule has 4 aromatic rings. The lowest BCUT2D eigenvalue weighted by Gasteiger charge is -2.26. The molecule has 6 N–H and O–H groups in total. The van der Waals surface area contributed by atoms with E-state index in [0.29, 0.717) is 11.1 Å². The Morgan fingerprint density at radius 1 is 0.371 bits per heavy atom. The van der Waals surface area contributed by atoms with Crippen molar-refractivity contribution in [2.75, 3.05) is 0 Å². The standard InChI is InChI=1S/C28H24O7/c29-19-5-1-15(2-6-19)27-25(17-9-21(31)13-22(32)10-17)26(18-11-23(33)14-24(34)12-18)28(35-27)16-3-7-20(30)8-4-16/h1-14,25-34H/t25-,26-,27-,28+/m0/s1. The molecule has 1 fully saturated rings. The molecule has 0 aromatic heterocycles. The van der Waals surface area contributed by atoms with Gasteiger partial charge in [0.25, 0.3) is 0 Å². The smallest absolute Gasteiger partial charge is 0.119 e. The topological polar surface area (TPSA) is 131 Å². The van der Waals surface area contributed by atoms with Gasteiger partial charge in [0.1, 0.15) is 34.5 Å². The molecule has 4 aromatic carbocycles. The van der Waals surface area contributed by atoms with E-state index in [2.05, 4.69) is 0 Å². The average Bonchev–Trinajstić information content (AvgIpc) is 3.19. The molecule has 0 amide bonds. The van der Waals surface area contributed by atoms with Gasteiger partial charge in [-0.2, -0.15) is 0 Å². The summed E-state index contributed by atoms with van der Waals surface area (Å²) in [7, 11) is 0. The maximum atomic E-state index is 10.3. The van der Waals surface area contributed by atoms with Crippen molar-refractivity contribution >= 4 is 0 Å². The van der Waals surface area contributed by atoms with Crippen molar-refractivity contribution in [3.8, 4) is 34.5 Å². The number of hydrogen-bond donors (Lipinski definition) is 6. The second-order valence-corrected chi connectivity index (χ2v) is 8.78. The zero-order valence-corrected chi connectivity index (χ0v) is 18.5. The van der Waals surface area contributed by atoms with Crippen LogP contribution in [0.15, 0.2) is 84.9 Å². The molecule has 0 unspecified atom stereocenters. The fourth-order valence-electron chi connectivity index (χ4n) is 4.99. The summed E-state index contributed by atoms with van der Waals surface area (Å²) < 4.78 is 6.62. The predicted molar refractivity (Wildman–Crippen MR) is 128 cm³/mol. The van der Waals surface area contributed by atoms with Crippen LogP contribution in [0.1, 0.15) is 46.3 Å². The quantitative estimate of drug-likeness (QED) is 0.238. The van der Waals surface area contributed by atoms with Crippen LogP contribution in [0.4, 0.5) is 0 Å². The number of phenolic OH excluding ortho intramolecular Hbond substituents is 6. The van der Waals surface area contributed by atoms with Crippen LogP contribution in [-0.4, -0.2) is 30.6 Å². The van der Waals surface area contributed by atoms with Gasteiger partial charge >= 0.3 is 0 Å². The summed E-state index contributed by atoms with van der Waals surface area (Å²) in [5.41, 5.74) is 2.70. The van der Waals surface area contributed by atoms with E-state index in [1.165, 1.54) is 12.1 Å². The third-order valence-electron chi connectivity index (χ3n) is 6.40. The van der Waals surface area contributed by atoms with Crippen molar-refractivity contribution in [1.82, 2.24) is 0 Å². The normalized spacial score (nSPS) is 21.7. The largest absolute Gasteiger partial charge is 0.508 e. The summed E-state index contributed by atoms with van der Waals surface area (Å²) in [6, 6.07) is 21.9. The van der Waals surface area contributed by atoms with E-state index in [4.69, 9.17) is 4.74 Å².